The molecule has 0 radical (unpaired) electrons. The Labute approximate surface area is 304 Å². The summed E-state index contributed by atoms with van der Waals surface area (Å²) < 4.78 is 5.41. The third-order valence-corrected chi connectivity index (χ3v) is 10.3. The topological polar surface area (TPSA) is 156 Å². The van der Waals surface area contributed by atoms with Crippen LogP contribution in [-0.2, 0) is 28.8 Å². The molecule has 0 aromatic heterocycles. The first kappa shape index (κ1) is 37.8. The zero-order valence-electron chi connectivity index (χ0n) is 30.3. The predicted molar refractivity (Wildman–Crippen MR) is 192 cm³/mol. The van der Waals surface area contributed by atoms with E-state index in [1.807, 2.05) is 71.0 Å². The van der Waals surface area contributed by atoms with Gasteiger partial charge in [0.1, 0.15) is 17.8 Å². The molecule has 2 heterocycles. The van der Waals surface area contributed by atoms with Gasteiger partial charge < -0.3 is 30.4 Å². The molecule has 2 fully saturated rings. The van der Waals surface area contributed by atoms with E-state index in [2.05, 4.69) is 21.1 Å². The molecule has 2 aromatic carbocycles. The third kappa shape index (κ3) is 8.06. The van der Waals surface area contributed by atoms with E-state index in [4.69, 9.17) is 21.2 Å². The molecule has 51 heavy (non-hydrogen) atoms. The molecular formula is C38H48ClN5O7. The largest absolute Gasteiger partial charge is 0.495 e. The summed E-state index contributed by atoms with van der Waals surface area (Å²) in [6, 6.07) is 10.3. The second-order valence-electron chi connectivity index (χ2n) is 14.9. The van der Waals surface area contributed by atoms with Gasteiger partial charge in [-0.1, -0.05) is 81.2 Å². The van der Waals surface area contributed by atoms with Crippen molar-refractivity contribution in [3.05, 3.63) is 64.2 Å². The lowest BCUT2D eigenvalue weighted by atomic mass is 9.85. The normalized spacial score (nSPS) is 23.5. The van der Waals surface area contributed by atoms with E-state index in [0.717, 1.165) is 16.7 Å². The van der Waals surface area contributed by atoms with Crippen LogP contribution in [0.5, 0.6) is 5.75 Å². The van der Waals surface area contributed by atoms with Crippen LogP contribution in [0, 0.1) is 18.3 Å². The molecule has 1 saturated heterocycles. The Balaban J connectivity index is 1.42. The Kier molecular flexibility index (Phi) is 11.1. The van der Waals surface area contributed by atoms with E-state index < -0.39 is 52.6 Å². The van der Waals surface area contributed by atoms with Gasteiger partial charge in [0.15, 0.2) is 5.60 Å². The van der Waals surface area contributed by atoms with E-state index in [9.17, 15) is 24.0 Å². The minimum Gasteiger partial charge on any atom is -0.495 e. The number of methoxy groups -OCH3 is 1. The van der Waals surface area contributed by atoms with E-state index in [0.29, 0.717) is 29.3 Å². The Morgan fingerprint density at radius 3 is 2.41 bits per heavy atom. The Morgan fingerprint density at radius 1 is 1.10 bits per heavy atom. The number of benzene rings is 2. The number of likely N-dealkylation sites (tertiary alicyclic amines) is 1. The fourth-order valence-electron chi connectivity index (χ4n) is 7.16. The van der Waals surface area contributed by atoms with Crippen LogP contribution in [0.2, 0.25) is 5.02 Å². The number of halogens is 1. The van der Waals surface area contributed by atoms with E-state index >= 15 is 0 Å². The maximum absolute atomic E-state index is 14.7. The molecule has 1 saturated carbocycles. The average molecular weight is 722 g/mol. The number of carbonyl (C=O) groups excluding carboxylic acids is 5. The highest BCUT2D eigenvalue weighted by atomic mass is 35.5. The minimum atomic E-state index is -1.08. The van der Waals surface area contributed by atoms with Gasteiger partial charge in [-0.15, -0.1) is 0 Å². The number of Topliss-reactive ketones (excluding diaryl/α,β-unsaturated/α-hetero) is 1. The molecule has 3 N–H and O–H groups in total. The van der Waals surface area contributed by atoms with Gasteiger partial charge >= 0.3 is 0 Å². The zero-order valence-corrected chi connectivity index (χ0v) is 31.1. The lowest BCUT2D eigenvalue weighted by Gasteiger charge is -2.35. The van der Waals surface area contributed by atoms with Crippen LogP contribution in [0.15, 0.2) is 47.6 Å². The standard InChI is InChI=1S/C38H48ClN5O7/c1-8-12-27(30(45)35(48)40-6)41-34(47)29-19-38(18-28(43-51-38)23-15-21(2)31(50-7)26(39)16-23)20-44(29)36(49)32(37(3,4)5)42-33(46)25-17-24(25)22-13-10-9-11-14-22/h9-11,13-16,24-25,27,29,32H,8,12,17-20H2,1-7H3,(H,40,48)(H,41,47)(H,42,46)/t24-,25+,27-,29-,32+,38+/m0/s1. The molecule has 6 atom stereocenters. The Morgan fingerprint density at radius 2 is 1.80 bits per heavy atom. The van der Waals surface area contributed by atoms with Gasteiger partial charge in [-0.05, 0) is 54.4 Å². The molecule has 3 aliphatic rings. The van der Waals surface area contributed by atoms with Crippen LogP contribution in [0.4, 0.5) is 0 Å². The summed E-state index contributed by atoms with van der Waals surface area (Å²) in [5.74, 6) is -2.51. The molecule has 5 rings (SSSR count). The van der Waals surface area contributed by atoms with Gasteiger partial charge in [0.25, 0.3) is 5.91 Å². The molecule has 2 aromatic rings. The molecular weight excluding hydrogens is 674 g/mol. The maximum Gasteiger partial charge on any atom is 0.289 e. The average Bonchev–Trinajstić information content (AvgIpc) is 3.66. The minimum absolute atomic E-state index is 0.000144. The van der Waals surface area contributed by atoms with Crippen molar-refractivity contribution in [1.29, 1.82) is 0 Å². The Hall–Kier alpha value is -4.45. The van der Waals surface area contributed by atoms with E-state index in [-0.39, 0.29) is 43.6 Å². The van der Waals surface area contributed by atoms with Gasteiger partial charge in [0.05, 0.1) is 30.4 Å². The highest BCUT2D eigenvalue weighted by Crippen LogP contribution is 2.48. The quantitative estimate of drug-likeness (QED) is 0.279. The zero-order chi connectivity index (χ0) is 37.2. The second kappa shape index (κ2) is 15.0. The molecule has 12 nitrogen and oxygen atoms in total. The molecule has 2 aliphatic heterocycles. The third-order valence-electron chi connectivity index (χ3n) is 10.0. The van der Waals surface area contributed by atoms with Crippen molar-refractivity contribution in [3.8, 4) is 5.75 Å². The highest BCUT2D eigenvalue weighted by Gasteiger charge is 2.56. The van der Waals surface area contributed by atoms with Crippen LogP contribution >= 0.6 is 11.6 Å². The summed E-state index contributed by atoms with van der Waals surface area (Å²) in [7, 11) is 2.89. The first-order valence-electron chi connectivity index (χ1n) is 17.4. The number of nitrogens with one attached hydrogen (secondary N) is 3. The van der Waals surface area contributed by atoms with Crippen molar-refractivity contribution in [2.45, 2.75) is 96.4 Å². The number of likely N-dealkylation sites (N-methyl/N-ethyl adjacent to an activating group) is 1. The predicted octanol–water partition coefficient (Wildman–Crippen LogP) is 4.06. The molecule has 4 amide bonds. The number of ether oxygens (including phenoxy) is 1. The first-order chi connectivity index (χ1) is 24.1. The fraction of sp³-hybridized carbons (Fsp3) is 0.526. The number of amides is 4. The molecule has 1 aliphatic carbocycles. The second-order valence-corrected chi connectivity index (χ2v) is 15.4. The summed E-state index contributed by atoms with van der Waals surface area (Å²) in [5.41, 5.74) is 1.40. The van der Waals surface area contributed by atoms with E-state index in [1.165, 1.54) is 11.9 Å². The van der Waals surface area contributed by atoms with Crippen LogP contribution in [0.3, 0.4) is 0 Å². The summed E-state index contributed by atoms with van der Waals surface area (Å²) >= 11 is 6.50. The highest BCUT2D eigenvalue weighted by molar-refractivity contribution is 6.38. The van der Waals surface area contributed by atoms with Gasteiger partial charge in [0.2, 0.25) is 23.5 Å². The maximum atomic E-state index is 14.7. The molecule has 0 unspecified atom stereocenters. The smallest absolute Gasteiger partial charge is 0.289 e. The van der Waals surface area contributed by atoms with Crippen molar-refractivity contribution in [2.75, 3.05) is 20.7 Å². The van der Waals surface area contributed by atoms with Crippen LogP contribution in [0.1, 0.15) is 82.4 Å². The van der Waals surface area contributed by atoms with Crippen molar-refractivity contribution in [2.24, 2.45) is 16.5 Å². The molecule has 0 bridgehead atoms. The lowest BCUT2D eigenvalue weighted by molar-refractivity contribution is -0.145. The van der Waals surface area contributed by atoms with Crippen molar-refractivity contribution in [3.63, 3.8) is 0 Å². The molecule has 1 spiro atoms. The Bertz CT molecular complexity index is 1700. The number of hydrogen-bond donors (Lipinski definition) is 3. The SMILES string of the molecule is CCC[C@H](NC(=O)[C@@H]1C[C@]2(CC(c3cc(C)c(OC)c(Cl)c3)=NO2)CN1C(=O)[C@@H](NC(=O)[C@@H]1C[C@H]1c1ccccc1)C(C)(C)C)C(=O)C(=O)NC. The summed E-state index contributed by atoms with van der Waals surface area (Å²) in [6.07, 6.45) is 1.77. The van der Waals surface area contributed by atoms with Crippen LogP contribution in [-0.4, -0.2) is 84.5 Å². The van der Waals surface area contributed by atoms with Crippen molar-refractivity contribution >= 4 is 46.7 Å². The number of nitrogens with zero attached hydrogens (tertiary/aromatic N) is 2. The summed E-state index contributed by atoms with van der Waals surface area (Å²) in [6.45, 7) is 9.30. The number of hydrogen-bond acceptors (Lipinski definition) is 8. The number of rotatable bonds is 12. The van der Waals surface area contributed by atoms with Gasteiger partial charge in [-0.3, -0.25) is 24.0 Å². The van der Waals surface area contributed by atoms with Gasteiger partial charge in [0, 0.05) is 31.4 Å². The summed E-state index contributed by atoms with van der Waals surface area (Å²) in [5, 5.41) is 12.9. The number of carbonyl (C=O) groups is 5. The monoisotopic (exact) mass is 721 g/mol. The fourth-order valence-corrected chi connectivity index (χ4v) is 7.51. The van der Waals surface area contributed by atoms with Crippen molar-refractivity contribution < 1.29 is 33.5 Å². The van der Waals surface area contributed by atoms with Crippen LogP contribution in [0.25, 0.3) is 0 Å². The summed E-state index contributed by atoms with van der Waals surface area (Å²) in [4.78, 5) is 75.1. The molecule has 274 valence electrons. The van der Waals surface area contributed by atoms with E-state index in [1.54, 1.807) is 13.2 Å². The van der Waals surface area contributed by atoms with Crippen molar-refractivity contribution in [1.82, 2.24) is 20.9 Å². The molecule has 13 heteroatoms. The number of aryl methyl sites for hydroxylation is 1. The number of oxime groups is 1. The van der Waals surface area contributed by atoms with Crippen LogP contribution < -0.4 is 20.7 Å². The number of ketones is 1. The first-order valence-corrected chi connectivity index (χ1v) is 17.8. The lowest BCUT2D eigenvalue weighted by Crippen LogP contribution is -2.59. The van der Waals surface area contributed by atoms with Gasteiger partial charge in [-0.25, -0.2) is 0 Å². The van der Waals surface area contributed by atoms with Gasteiger partial charge in [-0.2, -0.15) is 0 Å².